The molecule has 3 nitrogen and oxygen atoms in total. The number of hydrazone groups is 1. The molecule has 0 saturated heterocycles. The molecule has 4 rings (SSSR count). The Labute approximate surface area is 134 Å². The lowest BCUT2D eigenvalue weighted by Crippen LogP contribution is -2.18. The summed E-state index contributed by atoms with van der Waals surface area (Å²) in [6.45, 7) is 0. The van der Waals surface area contributed by atoms with Gasteiger partial charge in [0.15, 0.2) is 0 Å². The number of hydrogen-bond acceptors (Lipinski definition) is 3. The second kappa shape index (κ2) is 5.36. The number of nitrogens with two attached hydrogens (primary N) is 1. The molecule has 3 aromatic rings. The van der Waals surface area contributed by atoms with Crippen LogP contribution >= 0.6 is 0 Å². The van der Waals surface area contributed by atoms with Gasteiger partial charge in [0.05, 0.1) is 0 Å². The number of nitrogens with zero attached hydrogens (tertiary/aromatic N) is 1. The maximum absolute atomic E-state index is 13.0. The number of aryl methyl sites for hydroxylation is 2. The van der Waals surface area contributed by atoms with Crippen molar-refractivity contribution in [2.45, 2.75) is 12.8 Å². The molecule has 0 fully saturated rings. The highest BCUT2D eigenvalue weighted by molar-refractivity contribution is 6.52. The van der Waals surface area contributed by atoms with Gasteiger partial charge in [-0.1, -0.05) is 60.7 Å². The number of hydrogen-bond donors (Lipinski definition) is 1. The minimum atomic E-state index is -0.130. The van der Waals surface area contributed by atoms with Gasteiger partial charge < -0.3 is 5.84 Å². The van der Waals surface area contributed by atoms with Crippen LogP contribution in [0.1, 0.15) is 27.0 Å². The molecule has 3 heteroatoms. The van der Waals surface area contributed by atoms with Crippen molar-refractivity contribution >= 4 is 22.3 Å². The standard InChI is InChI=1S/C20H16N2O/c21-22-19(15-5-2-1-3-6-15)20(23)17-12-11-14-10-9-13-7-4-8-16(17)18(13)14/h1-8,11-12H,9-10,21H2/b22-19+. The highest BCUT2D eigenvalue weighted by Crippen LogP contribution is 2.33. The van der Waals surface area contributed by atoms with Crippen molar-refractivity contribution < 1.29 is 4.79 Å². The average Bonchev–Trinajstić information content (AvgIpc) is 3.02. The Balaban J connectivity index is 1.89. The number of benzene rings is 3. The summed E-state index contributed by atoms with van der Waals surface area (Å²) in [7, 11) is 0. The lowest BCUT2D eigenvalue weighted by Gasteiger charge is -2.10. The van der Waals surface area contributed by atoms with E-state index in [-0.39, 0.29) is 5.78 Å². The molecule has 0 bridgehead atoms. The molecule has 1 aliphatic carbocycles. The third kappa shape index (κ3) is 2.13. The van der Waals surface area contributed by atoms with E-state index in [0.717, 1.165) is 23.8 Å². The minimum Gasteiger partial charge on any atom is -0.323 e. The first kappa shape index (κ1) is 13.7. The third-order valence-electron chi connectivity index (χ3n) is 4.51. The molecule has 2 N–H and O–H groups in total. The van der Waals surface area contributed by atoms with Crippen LogP contribution in [-0.2, 0) is 12.8 Å². The van der Waals surface area contributed by atoms with E-state index in [4.69, 9.17) is 5.84 Å². The van der Waals surface area contributed by atoms with Crippen LogP contribution in [0.15, 0.2) is 65.8 Å². The fourth-order valence-electron chi connectivity index (χ4n) is 3.43. The number of carbonyl (C=O) groups excluding carboxylic acids is 1. The molecule has 3 aromatic carbocycles. The molecule has 0 amide bonds. The molecule has 0 unspecified atom stereocenters. The van der Waals surface area contributed by atoms with E-state index in [1.165, 1.54) is 16.5 Å². The van der Waals surface area contributed by atoms with Crippen molar-refractivity contribution in [2.24, 2.45) is 10.9 Å². The number of ketones is 1. The SMILES string of the molecule is N/N=C(/C(=O)c1ccc2c3c(cccc13)CC2)c1ccccc1. The van der Waals surface area contributed by atoms with E-state index >= 15 is 0 Å². The van der Waals surface area contributed by atoms with E-state index in [1.807, 2.05) is 48.5 Å². The summed E-state index contributed by atoms with van der Waals surface area (Å²) in [5, 5.41) is 5.99. The molecule has 0 heterocycles. The number of carbonyl (C=O) groups is 1. The van der Waals surface area contributed by atoms with Crippen LogP contribution in [0.4, 0.5) is 0 Å². The normalized spacial score (nSPS) is 13.5. The Bertz CT molecular complexity index is 932. The maximum Gasteiger partial charge on any atom is 0.214 e. The molecule has 0 aliphatic heterocycles. The van der Waals surface area contributed by atoms with Crippen LogP contribution in [0, 0.1) is 0 Å². The summed E-state index contributed by atoms with van der Waals surface area (Å²) < 4.78 is 0. The van der Waals surface area contributed by atoms with Gasteiger partial charge in [-0.15, -0.1) is 0 Å². The van der Waals surface area contributed by atoms with Gasteiger partial charge in [0.1, 0.15) is 5.71 Å². The Morgan fingerprint density at radius 2 is 1.61 bits per heavy atom. The first-order valence-corrected chi connectivity index (χ1v) is 7.71. The monoisotopic (exact) mass is 300 g/mol. The van der Waals surface area contributed by atoms with E-state index in [0.29, 0.717) is 11.3 Å². The van der Waals surface area contributed by atoms with E-state index in [2.05, 4.69) is 17.2 Å². The van der Waals surface area contributed by atoms with Crippen LogP contribution < -0.4 is 5.84 Å². The molecule has 112 valence electrons. The van der Waals surface area contributed by atoms with Crippen molar-refractivity contribution in [1.29, 1.82) is 0 Å². The minimum absolute atomic E-state index is 0.130. The van der Waals surface area contributed by atoms with Crippen molar-refractivity contribution in [3.63, 3.8) is 0 Å². The first-order chi connectivity index (χ1) is 11.3. The predicted molar refractivity (Wildman–Crippen MR) is 92.9 cm³/mol. The summed E-state index contributed by atoms with van der Waals surface area (Å²) in [5.74, 6) is 5.40. The van der Waals surface area contributed by atoms with Crippen LogP contribution in [0.2, 0.25) is 0 Å². The number of Topliss-reactive ketones (excluding diaryl/α,β-unsaturated/α-hetero) is 1. The van der Waals surface area contributed by atoms with Crippen LogP contribution in [0.5, 0.6) is 0 Å². The van der Waals surface area contributed by atoms with Gasteiger partial charge in [-0.3, -0.25) is 4.79 Å². The summed E-state index contributed by atoms with van der Waals surface area (Å²) in [6, 6.07) is 19.5. The smallest absolute Gasteiger partial charge is 0.214 e. The Morgan fingerprint density at radius 3 is 2.35 bits per heavy atom. The highest BCUT2D eigenvalue weighted by atomic mass is 16.1. The van der Waals surface area contributed by atoms with Crippen molar-refractivity contribution in [2.75, 3.05) is 0 Å². The van der Waals surface area contributed by atoms with Crippen LogP contribution in [-0.4, -0.2) is 11.5 Å². The summed E-state index contributed by atoms with van der Waals surface area (Å²) >= 11 is 0. The van der Waals surface area contributed by atoms with E-state index < -0.39 is 0 Å². The third-order valence-corrected chi connectivity index (χ3v) is 4.51. The van der Waals surface area contributed by atoms with Crippen molar-refractivity contribution in [3.05, 3.63) is 82.9 Å². The van der Waals surface area contributed by atoms with E-state index in [1.54, 1.807) is 0 Å². The summed E-state index contributed by atoms with van der Waals surface area (Å²) in [5.41, 5.74) is 4.34. The number of rotatable bonds is 3. The van der Waals surface area contributed by atoms with Gasteiger partial charge in [0, 0.05) is 11.1 Å². The Hall–Kier alpha value is -2.94. The van der Waals surface area contributed by atoms with Gasteiger partial charge >= 0.3 is 0 Å². The van der Waals surface area contributed by atoms with Gasteiger partial charge in [-0.05, 0) is 34.7 Å². The quantitative estimate of drug-likeness (QED) is 0.348. The molecule has 0 saturated carbocycles. The summed E-state index contributed by atoms with van der Waals surface area (Å²) in [6.07, 6.45) is 2.08. The zero-order valence-electron chi connectivity index (χ0n) is 12.6. The fourth-order valence-corrected chi connectivity index (χ4v) is 3.43. The summed E-state index contributed by atoms with van der Waals surface area (Å²) in [4.78, 5) is 13.0. The lowest BCUT2D eigenvalue weighted by molar-refractivity contribution is 0.106. The van der Waals surface area contributed by atoms with Gasteiger partial charge in [0.2, 0.25) is 5.78 Å². The molecule has 1 aliphatic rings. The zero-order valence-corrected chi connectivity index (χ0v) is 12.6. The molecule has 0 atom stereocenters. The fraction of sp³-hybridized carbons (Fsp3) is 0.100. The second-order valence-electron chi connectivity index (χ2n) is 5.78. The second-order valence-corrected chi connectivity index (χ2v) is 5.78. The zero-order chi connectivity index (χ0) is 15.8. The van der Waals surface area contributed by atoms with Gasteiger partial charge in [-0.25, -0.2) is 0 Å². The Kier molecular flexibility index (Phi) is 3.19. The van der Waals surface area contributed by atoms with Crippen molar-refractivity contribution in [3.8, 4) is 0 Å². The molecule has 0 spiro atoms. The maximum atomic E-state index is 13.0. The highest BCUT2D eigenvalue weighted by Gasteiger charge is 2.22. The van der Waals surface area contributed by atoms with Crippen LogP contribution in [0.3, 0.4) is 0 Å². The molecule has 0 aromatic heterocycles. The van der Waals surface area contributed by atoms with E-state index in [9.17, 15) is 4.79 Å². The largest absolute Gasteiger partial charge is 0.323 e. The average molecular weight is 300 g/mol. The molecular formula is C20H16N2O. The first-order valence-electron chi connectivity index (χ1n) is 7.71. The topological polar surface area (TPSA) is 55.4 Å². The molecule has 23 heavy (non-hydrogen) atoms. The molecular weight excluding hydrogens is 284 g/mol. The predicted octanol–water partition coefficient (Wildman–Crippen LogP) is 3.48. The Morgan fingerprint density at radius 1 is 0.870 bits per heavy atom. The van der Waals surface area contributed by atoms with Gasteiger partial charge in [-0.2, -0.15) is 5.10 Å². The molecule has 0 radical (unpaired) electrons. The lowest BCUT2D eigenvalue weighted by atomic mass is 9.94. The van der Waals surface area contributed by atoms with Crippen molar-refractivity contribution in [1.82, 2.24) is 0 Å². The van der Waals surface area contributed by atoms with Gasteiger partial charge in [0.25, 0.3) is 0 Å². The van der Waals surface area contributed by atoms with Crippen LogP contribution in [0.25, 0.3) is 10.8 Å².